The van der Waals surface area contributed by atoms with Gasteiger partial charge in [-0.1, -0.05) is 6.42 Å². The van der Waals surface area contributed by atoms with Gasteiger partial charge in [0.05, 0.1) is 17.5 Å². The van der Waals surface area contributed by atoms with Gasteiger partial charge in [0.25, 0.3) is 5.91 Å². The molecule has 0 bridgehead atoms. The quantitative estimate of drug-likeness (QED) is 0.833. The SMILES string of the molecule is O=C(NCC(=O)N1C[C@@H]2CCC[C@@]2(C(=O)O)C1)c1ccc(C(F)(F)F)cc1. The molecule has 0 unspecified atom stereocenters. The molecular formula is C18H19F3N2O4. The monoisotopic (exact) mass is 384 g/mol. The van der Waals surface area contributed by atoms with Crippen LogP contribution >= 0.6 is 0 Å². The van der Waals surface area contributed by atoms with Crippen molar-refractivity contribution in [1.29, 1.82) is 0 Å². The number of nitrogens with one attached hydrogen (secondary N) is 1. The Kier molecular flexibility index (Phi) is 4.88. The van der Waals surface area contributed by atoms with E-state index in [-0.39, 0.29) is 24.6 Å². The van der Waals surface area contributed by atoms with E-state index in [2.05, 4.69) is 5.32 Å². The van der Waals surface area contributed by atoms with Crippen molar-refractivity contribution >= 4 is 17.8 Å². The number of aliphatic carboxylic acids is 1. The van der Waals surface area contributed by atoms with Gasteiger partial charge >= 0.3 is 12.1 Å². The van der Waals surface area contributed by atoms with E-state index in [1.54, 1.807) is 0 Å². The third kappa shape index (κ3) is 3.63. The minimum absolute atomic E-state index is 0.0103. The van der Waals surface area contributed by atoms with Crippen LogP contribution in [0.4, 0.5) is 13.2 Å². The lowest BCUT2D eigenvalue weighted by atomic mass is 9.81. The van der Waals surface area contributed by atoms with Gasteiger partial charge in [-0.25, -0.2) is 0 Å². The molecule has 1 saturated heterocycles. The molecule has 2 aliphatic rings. The second-order valence-electron chi connectivity index (χ2n) is 7.08. The third-order valence-corrected chi connectivity index (χ3v) is 5.52. The summed E-state index contributed by atoms with van der Waals surface area (Å²) in [5.41, 5.74) is -1.75. The van der Waals surface area contributed by atoms with Crippen molar-refractivity contribution in [1.82, 2.24) is 10.2 Å². The van der Waals surface area contributed by atoms with Gasteiger partial charge in [0.2, 0.25) is 5.91 Å². The minimum atomic E-state index is -4.49. The number of rotatable bonds is 4. The summed E-state index contributed by atoms with van der Waals surface area (Å²) in [4.78, 5) is 37.5. The maximum atomic E-state index is 12.5. The number of halogens is 3. The van der Waals surface area contributed by atoms with Gasteiger partial charge in [-0.3, -0.25) is 14.4 Å². The zero-order valence-corrected chi connectivity index (χ0v) is 14.4. The second-order valence-corrected chi connectivity index (χ2v) is 7.08. The average Bonchev–Trinajstić information content (AvgIpc) is 3.17. The number of hydrogen-bond acceptors (Lipinski definition) is 3. The van der Waals surface area contributed by atoms with E-state index in [1.165, 1.54) is 4.90 Å². The van der Waals surface area contributed by atoms with E-state index in [0.717, 1.165) is 37.1 Å². The van der Waals surface area contributed by atoms with Crippen LogP contribution in [-0.2, 0) is 15.8 Å². The zero-order valence-electron chi connectivity index (χ0n) is 14.4. The first-order valence-corrected chi connectivity index (χ1v) is 8.60. The van der Waals surface area contributed by atoms with Crippen molar-refractivity contribution < 1.29 is 32.7 Å². The van der Waals surface area contributed by atoms with Gasteiger partial charge in [0, 0.05) is 18.7 Å². The Hall–Kier alpha value is -2.58. The maximum Gasteiger partial charge on any atom is 0.416 e. The van der Waals surface area contributed by atoms with Crippen LogP contribution in [0.15, 0.2) is 24.3 Å². The van der Waals surface area contributed by atoms with Crippen LogP contribution in [-0.4, -0.2) is 47.4 Å². The fourth-order valence-electron chi connectivity index (χ4n) is 4.01. The number of nitrogens with zero attached hydrogens (tertiary/aromatic N) is 1. The highest BCUT2D eigenvalue weighted by Crippen LogP contribution is 2.48. The Bertz CT molecular complexity index is 763. The van der Waals surface area contributed by atoms with E-state index in [4.69, 9.17) is 0 Å². The first-order valence-electron chi connectivity index (χ1n) is 8.60. The predicted molar refractivity (Wildman–Crippen MR) is 87.8 cm³/mol. The Morgan fingerprint density at radius 3 is 2.44 bits per heavy atom. The topological polar surface area (TPSA) is 86.7 Å². The van der Waals surface area contributed by atoms with Crippen molar-refractivity contribution in [2.45, 2.75) is 25.4 Å². The molecule has 3 rings (SSSR count). The highest BCUT2D eigenvalue weighted by atomic mass is 19.4. The number of benzene rings is 1. The van der Waals surface area contributed by atoms with Crippen molar-refractivity contribution in [3.8, 4) is 0 Å². The molecule has 2 amide bonds. The van der Waals surface area contributed by atoms with Crippen LogP contribution in [0.5, 0.6) is 0 Å². The number of amides is 2. The Morgan fingerprint density at radius 2 is 1.89 bits per heavy atom. The van der Waals surface area contributed by atoms with Crippen LogP contribution in [0.2, 0.25) is 0 Å². The molecule has 9 heteroatoms. The number of likely N-dealkylation sites (tertiary alicyclic amines) is 1. The van der Waals surface area contributed by atoms with Crippen molar-refractivity contribution in [2.75, 3.05) is 19.6 Å². The lowest BCUT2D eigenvalue weighted by molar-refractivity contribution is -0.149. The zero-order chi connectivity index (χ0) is 19.8. The largest absolute Gasteiger partial charge is 0.481 e. The van der Waals surface area contributed by atoms with Gasteiger partial charge < -0.3 is 15.3 Å². The molecule has 2 atom stereocenters. The molecule has 0 aromatic heterocycles. The molecule has 1 heterocycles. The number of fused-ring (bicyclic) bond motifs is 1. The molecule has 0 spiro atoms. The van der Waals surface area contributed by atoms with E-state index in [9.17, 15) is 32.7 Å². The summed E-state index contributed by atoms with van der Waals surface area (Å²) in [5, 5.41) is 11.9. The van der Waals surface area contributed by atoms with E-state index in [0.29, 0.717) is 13.0 Å². The molecule has 27 heavy (non-hydrogen) atoms. The van der Waals surface area contributed by atoms with E-state index in [1.807, 2.05) is 0 Å². The summed E-state index contributed by atoms with van der Waals surface area (Å²) >= 11 is 0. The van der Waals surface area contributed by atoms with E-state index < -0.39 is 34.9 Å². The van der Waals surface area contributed by atoms with E-state index >= 15 is 0 Å². The summed E-state index contributed by atoms with van der Waals surface area (Å²) in [6, 6.07) is 3.69. The molecule has 0 radical (unpaired) electrons. The number of carboxylic acid groups (broad SMARTS) is 1. The summed E-state index contributed by atoms with van der Waals surface area (Å²) in [5.74, 6) is -2.03. The second kappa shape index (κ2) is 6.86. The van der Waals surface area contributed by atoms with Gasteiger partial charge in [0.15, 0.2) is 0 Å². The lowest BCUT2D eigenvalue weighted by Gasteiger charge is -2.23. The number of carboxylic acids is 1. The smallest absolute Gasteiger partial charge is 0.416 e. The molecular weight excluding hydrogens is 365 g/mol. The molecule has 1 aliphatic carbocycles. The Morgan fingerprint density at radius 1 is 1.22 bits per heavy atom. The molecule has 1 aliphatic heterocycles. The highest BCUT2D eigenvalue weighted by molar-refractivity contribution is 5.96. The molecule has 6 nitrogen and oxygen atoms in total. The number of carbonyl (C=O) groups is 3. The van der Waals surface area contributed by atoms with Gasteiger partial charge in [-0.15, -0.1) is 0 Å². The van der Waals surface area contributed by atoms with Crippen LogP contribution < -0.4 is 5.32 Å². The van der Waals surface area contributed by atoms with Crippen LogP contribution in [0.25, 0.3) is 0 Å². The van der Waals surface area contributed by atoms with Crippen LogP contribution in [0.3, 0.4) is 0 Å². The predicted octanol–water partition coefficient (Wildman–Crippen LogP) is 2.15. The molecule has 146 valence electrons. The molecule has 1 saturated carbocycles. The first-order chi connectivity index (χ1) is 12.6. The first kappa shape index (κ1) is 19.2. The average molecular weight is 384 g/mol. The molecule has 2 N–H and O–H groups in total. The Balaban J connectivity index is 1.57. The maximum absolute atomic E-state index is 12.5. The Labute approximate surface area is 153 Å². The fourth-order valence-corrected chi connectivity index (χ4v) is 4.01. The third-order valence-electron chi connectivity index (χ3n) is 5.52. The number of hydrogen-bond donors (Lipinski definition) is 2. The summed E-state index contributed by atoms with van der Waals surface area (Å²) < 4.78 is 37.6. The minimum Gasteiger partial charge on any atom is -0.481 e. The number of alkyl halides is 3. The van der Waals surface area contributed by atoms with Gasteiger partial charge in [-0.05, 0) is 43.0 Å². The standard InChI is InChI=1S/C18H19F3N2O4/c19-18(20,21)12-5-3-11(4-6-12)15(25)22-8-14(24)23-9-13-2-1-7-17(13,10-23)16(26)27/h3-6,13H,1-2,7-10H2,(H,22,25)(H,26,27)/t13-,17+/m0/s1. The molecule has 1 aromatic rings. The summed E-state index contributed by atoms with van der Waals surface area (Å²) in [6.45, 7) is 0.144. The lowest BCUT2D eigenvalue weighted by Crippen LogP contribution is -2.41. The fraction of sp³-hybridized carbons (Fsp3) is 0.500. The van der Waals surface area contributed by atoms with Crippen LogP contribution in [0, 0.1) is 11.3 Å². The van der Waals surface area contributed by atoms with Crippen molar-refractivity contribution in [3.63, 3.8) is 0 Å². The van der Waals surface area contributed by atoms with Gasteiger partial charge in [0.1, 0.15) is 0 Å². The normalized spacial score (nSPS) is 24.6. The molecule has 1 aromatic carbocycles. The van der Waals surface area contributed by atoms with Crippen LogP contribution in [0.1, 0.15) is 35.2 Å². The van der Waals surface area contributed by atoms with Crippen molar-refractivity contribution in [2.24, 2.45) is 11.3 Å². The highest BCUT2D eigenvalue weighted by Gasteiger charge is 2.55. The van der Waals surface area contributed by atoms with Gasteiger partial charge in [-0.2, -0.15) is 13.2 Å². The summed E-state index contributed by atoms with van der Waals surface area (Å²) in [7, 11) is 0. The van der Waals surface area contributed by atoms with Crippen molar-refractivity contribution in [3.05, 3.63) is 35.4 Å². The summed E-state index contributed by atoms with van der Waals surface area (Å²) in [6.07, 6.45) is -2.37. The molecule has 2 fully saturated rings. The number of carbonyl (C=O) groups excluding carboxylic acids is 2.